The zero-order valence-corrected chi connectivity index (χ0v) is 16.8. The van der Waals surface area contributed by atoms with Gasteiger partial charge in [-0.25, -0.2) is 9.59 Å². The molecule has 0 saturated heterocycles. The predicted octanol–water partition coefficient (Wildman–Crippen LogP) is 5.12. The number of rotatable bonds is 6. The highest BCUT2D eigenvalue weighted by atomic mass is 16.6. The molecule has 0 bridgehead atoms. The van der Waals surface area contributed by atoms with Gasteiger partial charge in [0.2, 0.25) is 0 Å². The van der Waals surface area contributed by atoms with Crippen LogP contribution in [0.25, 0.3) is 11.1 Å². The molecule has 0 aromatic heterocycles. The van der Waals surface area contributed by atoms with Gasteiger partial charge in [0.1, 0.15) is 11.1 Å². The SMILES string of the molecule is C=C(C(=O)O)C(CC)(NC(=O)OC(C)(C)C)c1ccc(-c2ccccc2)cc1. The number of nitrogens with one attached hydrogen (secondary N) is 1. The van der Waals surface area contributed by atoms with Crippen LogP contribution >= 0.6 is 0 Å². The van der Waals surface area contributed by atoms with Crippen molar-refractivity contribution < 1.29 is 19.4 Å². The van der Waals surface area contributed by atoms with Crippen LogP contribution < -0.4 is 5.32 Å². The van der Waals surface area contributed by atoms with Gasteiger partial charge >= 0.3 is 12.1 Å². The lowest BCUT2D eigenvalue weighted by Crippen LogP contribution is -2.50. The summed E-state index contributed by atoms with van der Waals surface area (Å²) < 4.78 is 5.36. The Hall–Kier alpha value is -3.08. The highest BCUT2D eigenvalue weighted by Gasteiger charge is 2.40. The zero-order valence-electron chi connectivity index (χ0n) is 16.8. The molecule has 2 N–H and O–H groups in total. The Morgan fingerprint density at radius 3 is 2.00 bits per heavy atom. The van der Waals surface area contributed by atoms with E-state index in [1.807, 2.05) is 54.6 Å². The van der Waals surface area contributed by atoms with Crippen molar-refractivity contribution in [3.8, 4) is 11.1 Å². The molecule has 0 aliphatic carbocycles. The molecule has 1 atom stereocenters. The van der Waals surface area contributed by atoms with Crippen LogP contribution in [-0.4, -0.2) is 22.8 Å². The Labute approximate surface area is 166 Å². The lowest BCUT2D eigenvalue weighted by atomic mass is 9.80. The predicted molar refractivity (Wildman–Crippen MR) is 110 cm³/mol. The maximum Gasteiger partial charge on any atom is 0.408 e. The number of carbonyl (C=O) groups is 2. The normalized spacial score (nSPS) is 13.3. The van der Waals surface area contributed by atoms with E-state index in [9.17, 15) is 14.7 Å². The zero-order chi connectivity index (χ0) is 20.9. The first-order valence-electron chi connectivity index (χ1n) is 9.19. The van der Waals surface area contributed by atoms with Gasteiger partial charge in [0.15, 0.2) is 0 Å². The number of hydrogen-bond donors (Lipinski definition) is 2. The van der Waals surface area contributed by atoms with E-state index in [0.717, 1.165) is 11.1 Å². The minimum Gasteiger partial charge on any atom is -0.478 e. The topological polar surface area (TPSA) is 75.6 Å². The van der Waals surface area contributed by atoms with Gasteiger partial charge in [-0.3, -0.25) is 0 Å². The molecule has 0 aliphatic heterocycles. The van der Waals surface area contributed by atoms with Gasteiger partial charge in [-0.15, -0.1) is 0 Å². The first-order chi connectivity index (χ1) is 13.1. The maximum atomic E-state index is 12.5. The van der Waals surface area contributed by atoms with E-state index < -0.39 is 23.2 Å². The van der Waals surface area contributed by atoms with Crippen LogP contribution in [0.4, 0.5) is 4.79 Å². The van der Waals surface area contributed by atoms with Gasteiger partial charge in [0, 0.05) is 0 Å². The highest BCUT2D eigenvalue weighted by Crippen LogP contribution is 2.34. The van der Waals surface area contributed by atoms with E-state index in [2.05, 4.69) is 11.9 Å². The third-order valence-electron chi connectivity index (χ3n) is 4.50. The summed E-state index contributed by atoms with van der Waals surface area (Å²) in [6, 6.07) is 17.3. The van der Waals surface area contributed by atoms with E-state index in [4.69, 9.17) is 4.74 Å². The summed E-state index contributed by atoms with van der Waals surface area (Å²) in [6.45, 7) is 10.8. The summed E-state index contributed by atoms with van der Waals surface area (Å²) in [7, 11) is 0. The third kappa shape index (κ3) is 4.80. The first kappa shape index (κ1) is 21.2. The minimum atomic E-state index is -1.27. The average molecular weight is 381 g/mol. The second-order valence-electron chi connectivity index (χ2n) is 7.61. The number of alkyl carbamates (subject to hydrolysis) is 1. The second kappa shape index (κ2) is 8.30. The largest absolute Gasteiger partial charge is 0.478 e. The van der Waals surface area contributed by atoms with Gasteiger partial charge in [0.05, 0.1) is 5.57 Å². The number of hydrogen-bond acceptors (Lipinski definition) is 3. The molecule has 2 aromatic carbocycles. The molecule has 5 heteroatoms. The van der Waals surface area contributed by atoms with Crippen LogP contribution in [0.1, 0.15) is 39.7 Å². The van der Waals surface area contributed by atoms with Crippen molar-refractivity contribution in [1.82, 2.24) is 5.32 Å². The Morgan fingerprint density at radius 2 is 1.54 bits per heavy atom. The fraction of sp³-hybridized carbons (Fsp3) is 0.304. The van der Waals surface area contributed by atoms with E-state index in [-0.39, 0.29) is 5.57 Å². The van der Waals surface area contributed by atoms with Crippen molar-refractivity contribution in [3.63, 3.8) is 0 Å². The molecule has 28 heavy (non-hydrogen) atoms. The highest BCUT2D eigenvalue weighted by molar-refractivity contribution is 5.90. The summed E-state index contributed by atoms with van der Waals surface area (Å²) in [6.07, 6.45) is -0.383. The Balaban J connectivity index is 2.45. The van der Waals surface area contributed by atoms with Gasteiger partial charge in [-0.2, -0.15) is 0 Å². The molecule has 5 nitrogen and oxygen atoms in total. The average Bonchev–Trinajstić information content (AvgIpc) is 2.65. The number of amides is 1. The van der Waals surface area contributed by atoms with Crippen LogP contribution in [0.5, 0.6) is 0 Å². The van der Waals surface area contributed by atoms with E-state index >= 15 is 0 Å². The molecule has 0 saturated carbocycles. The van der Waals surface area contributed by atoms with Gasteiger partial charge in [-0.1, -0.05) is 68.1 Å². The molecule has 2 rings (SSSR count). The van der Waals surface area contributed by atoms with Crippen molar-refractivity contribution in [2.24, 2.45) is 0 Å². The van der Waals surface area contributed by atoms with Gasteiger partial charge < -0.3 is 15.2 Å². The molecule has 0 fully saturated rings. The molecule has 2 aromatic rings. The number of aliphatic carboxylic acids is 1. The molecule has 1 amide bonds. The van der Waals surface area contributed by atoms with Crippen molar-refractivity contribution in [1.29, 1.82) is 0 Å². The fourth-order valence-electron chi connectivity index (χ4n) is 3.07. The maximum absolute atomic E-state index is 12.5. The van der Waals surface area contributed by atoms with Gasteiger partial charge in [0.25, 0.3) is 0 Å². The van der Waals surface area contributed by atoms with E-state index in [0.29, 0.717) is 12.0 Å². The quantitative estimate of drug-likeness (QED) is 0.681. The molecular formula is C23H27NO4. The van der Waals surface area contributed by atoms with E-state index in [1.54, 1.807) is 27.7 Å². The number of ether oxygens (including phenoxy) is 1. The second-order valence-corrected chi connectivity index (χ2v) is 7.61. The van der Waals surface area contributed by atoms with E-state index in [1.165, 1.54) is 0 Å². The molecule has 148 valence electrons. The lowest BCUT2D eigenvalue weighted by Gasteiger charge is -2.35. The smallest absolute Gasteiger partial charge is 0.408 e. The molecule has 0 spiro atoms. The van der Waals surface area contributed by atoms with Crippen molar-refractivity contribution in [2.45, 2.75) is 45.3 Å². The fourth-order valence-corrected chi connectivity index (χ4v) is 3.07. The molecule has 0 aliphatic rings. The van der Waals surface area contributed by atoms with Crippen LogP contribution in [0, 0.1) is 0 Å². The molecule has 0 radical (unpaired) electrons. The Morgan fingerprint density at radius 1 is 1.00 bits per heavy atom. The van der Waals surface area contributed by atoms with Crippen LogP contribution in [0.15, 0.2) is 66.7 Å². The summed E-state index contributed by atoms with van der Waals surface area (Å²) in [5, 5.41) is 12.3. The van der Waals surface area contributed by atoms with Crippen LogP contribution in [0.2, 0.25) is 0 Å². The number of carbonyl (C=O) groups excluding carboxylic acids is 1. The number of carboxylic acids is 1. The van der Waals surface area contributed by atoms with Crippen LogP contribution in [0.3, 0.4) is 0 Å². The molecular weight excluding hydrogens is 354 g/mol. The number of benzene rings is 2. The minimum absolute atomic E-state index is 0.117. The van der Waals surface area contributed by atoms with Crippen molar-refractivity contribution >= 4 is 12.1 Å². The molecule has 0 heterocycles. The summed E-state index contributed by atoms with van der Waals surface area (Å²) in [5.41, 5.74) is 0.580. The molecule has 1 unspecified atom stereocenters. The third-order valence-corrected chi connectivity index (χ3v) is 4.50. The Bertz CT molecular complexity index is 850. The first-order valence-corrected chi connectivity index (χ1v) is 9.19. The van der Waals surface area contributed by atoms with Crippen molar-refractivity contribution in [2.75, 3.05) is 0 Å². The van der Waals surface area contributed by atoms with Gasteiger partial charge in [-0.05, 0) is 43.9 Å². The number of carboxylic acid groups (broad SMARTS) is 1. The monoisotopic (exact) mass is 381 g/mol. The lowest BCUT2D eigenvalue weighted by molar-refractivity contribution is -0.133. The van der Waals surface area contributed by atoms with Crippen molar-refractivity contribution in [3.05, 3.63) is 72.3 Å². The Kier molecular flexibility index (Phi) is 6.29. The summed E-state index contributed by atoms with van der Waals surface area (Å²) >= 11 is 0. The summed E-state index contributed by atoms with van der Waals surface area (Å²) in [4.78, 5) is 24.2. The van der Waals surface area contributed by atoms with Crippen LogP contribution in [-0.2, 0) is 15.1 Å². The summed E-state index contributed by atoms with van der Waals surface area (Å²) in [5.74, 6) is -1.18. The standard InChI is InChI=1S/C23H27NO4/c1-6-23(16(2)20(25)26,24-21(27)28-22(3,4)5)19-14-12-18(13-15-19)17-10-8-7-9-11-17/h7-15H,2,6H2,1,3-5H3,(H,24,27)(H,25,26).